The van der Waals surface area contributed by atoms with Crippen molar-refractivity contribution in [2.24, 2.45) is 0 Å². The second-order valence-corrected chi connectivity index (χ2v) is 43.7. The average Bonchev–Trinajstić information content (AvgIpc) is 1.60. The molecule has 0 amide bonds. The number of hydrogen-bond donors (Lipinski definition) is 4. The molecule has 0 spiro atoms. The van der Waals surface area contributed by atoms with Gasteiger partial charge in [-0.1, -0.05) is 216 Å². The SMILES string of the molecule is CCCCCCc1cc(-c2cc(CCCCCC)c(C#CC#Cc3c4nc(cc5[nH]c(cc6nc(cc7[nH]c3c(CC)c7CC)C(CC)=C6CC)c(CC)c5CC)C(CC)=C4CC)s2)sc1C#CC#Cc1cc(OC)c(C#CC#Cc2sc(-c3cc(CCCCCC)c(C#CC#Cc4c5nc(cc6[nH]c(cc7nc(cc8[nH]c4c(CC)c8CC)C(CC)=C7CC)c(CC)c6CC)C(CC)=C5CC)s3)cc2CCCCCC)cc1OC. The molecule has 4 aliphatic heterocycles. The number of H-pyrrole nitrogens is 4. The quantitative estimate of drug-likeness (QED) is 0.0223. The summed E-state index contributed by atoms with van der Waals surface area (Å²) in [6, 6.07) is 27.3. The van der Waals surface area contributed by atoms with Gasteiger partial charge in [0, 0.05) is 64.7 Å². The van der Waals surface area contributed by atoms with Gasteiger partial charge in [-0.05, 0) is 421 Å². The molecule has 1 aromatic carbocycles. The first-order chi connectivity index (χ1) is 73.4. The first kappa shape index (κ1) is 111. The third kappa shape index (κ3) is 24.5. The highest BCUT2D eigenvalue weighted by Gasteiger charge is 2.30. The van der Waals surface area contributed by atoms with Crippen LogP contribution >= 0.6 is 45.3 Å². The molecule has 4 aliphatic rings. The number of allylic oxidation sites excluding steroid dienone is 8. The van der Waals surface area contributed by atoms with Crippen LogP contribution in [-0.2, 0) is 77.0 Å². The van der Waals surface area contributed by atoms with E-state index >= 15 is 0 Å². The minimum Gasteiger partial charge on any atom is -0.495 e. The number of benzene rings is 1. The van der Waals surface area contributed by atoms with Gasteiger partial charge in [-0.25, -0.2) is 19.9 Å². The van der Waals surface area contributed by atoms with Crippen LogP contribution in [0.4, 0.5) is 0 Å². The summed E-state index contributed by atoms with van der Waals surface area (Å²) in [7, 11) is 3.35. The fourth-order valence-electron chi connectivity index (χ4n) is 22.8. The topological polar surface area (TPSA) is 133 Å². The maximum atomic E-state index is 6.08. The molecule has 14 heteroatoms. The fraction of sp³-hybridized carbons (Fsp3) is 0.426. The first-order valence-electron chi connectivity index (χ1n) is 56.8. The zero-order chi connectivity index (χ0) is 106. The number of aromatic amines is 4. The summed E-state index contributed by atoms with van der Waals surface area (Å²) in [5, 5.41) is 0. The third-order valence-electron chi connectivity index (χ3n) is 30.4. The lowest BCUT2D eigenvalue weighted by Gasteiger charge is -2.08. The van der Waals surface area contributed by atoms with Crippen molar-refractivity contribution >= 4 is 134 Å². The molecule has 0 aliphatic carbocycles. The summed E-state index contributed by atoms with van der Waals surface area (Å²) in [5.41, 5.74) is 45.7. The number of rotatable bonds is 40. The minimum atomic E-state index is 0.579. The highest BCUT2D eigenvalue weighted by Crippen LogP contribution is 2.47. The number of hydrogen-bond acceptors (Lipinski definition) is 10. The number of thiophene rings is 4. The number of nitrogens with one attached hydrogen (secondary N) is 4. The van der Waals surface area contributed by atoms with E-state index in [1.54, 1.807) is 59.6 Å². The fourth-order valence-corrected chi connectivity index (χ4v) is 27.2. The summed E-state index contributed by atoms with van der Waals surface area (Å²) in [5.74, 6) is 57.1. The summed E-state index contributed by atoms with van der Waals surface area (Å²) >= 11 is 7.08. The zero-order valence-electron chi connectivity index (χ0n) is 93.6. The lowest BCUT2D eigenvalue weighted by Crippen LogP contribution is -1.94. The van der Waals surface area contributed by atoms with Crippen molar-refractivity contribution < 1.29 is 9.47 Å². The molecule has 0 saturated carbocycles. The average molecular weight is 2060 g/mol. The van der Waals surface area contributed by atoms with Crippen LogP contribution < -0.4 is 9.47 Å². The molecule has 150 heavy (non-hydrogen) atoms. The van der Waals surface area contributed by atoms with Crippen molar-refractivity contribution in [2.75, 3.05) is 14.2 Å². The van der Waals surface area contributed by atoms with Gasteiger partial charge in [0.05, 0.1) is 113 Å². The maximum Gasteiger partial charge on any atom is 0.136 e. The van der Waals surface area contributed by atoms with Gasteiger partial charge >= 0.3 is 0 Å². The lowest BCUT2D eigenvalue weighted by molar-refractivity contribution is 0.401. The van der Waals surface area contributed by atoms with Crippen molar-refractivity contribution in [1.29, 1.82) is 0 Å². The Kier molecular flexibility index (Phi) is 40.0. The first-order valence-corrected chi connectivity index (χ1v) is 60.1. The number of unbranched alkanes of at least 4 members (excludes halogenated alkanes) is 12. The number of aromatic nitrogens is 8. The van der Waals surface area contributed by atoms with Crippen LogP contribution in [0, 0.1) is 94.7 Å². The molecular weight excluding hydrogens is 1910 g/mol. The van der Waals surface area contributed by atoms with E-state index in [0.29, 0.717) is 22.6 Å². The molecule has 0 radical (unpaired) electrons. The van der Waals surface area contributed by atoms with Crippen LogP contribution in [0.25, 0.3) is 108 Å². The molecule has 11 aromatic rings. The van der Waals surface area contributed by atoms with Gasteiger partial charge < -0.3 is 29.4 Å². The largest absolute Gasteiger partial charge is 0.495 e. The second-order valence-electron chi connectivity index (χ2n) is 39.5. The van der Waals surface area contributed by atoms with E-state index < -0.39 is 0 Å². The van der Waals surface area contributed by atoms with Gasteiger partial charge in [-0.2, -0.15) is 0 Å². The summed E-state index contributed by atoms with van der Waals surface area (Å²) in [6.07, 6.45) is 36.1. The van der Waals surface area contributed by atoms with Gasteiger partial charge in [0.15, 0.2) is 0 Å². The van der Waals surface area contributed by atoms with E-state index in [4.69, 9.17) is 29.4 Å². The van der Waals surface area contributed by atoms with Crippen LogP contribution in [0.5, 0.6) is 11.5 Å². The molecule has 0 atom stereocenters. The number of ether oxygens (including phenoxy) is 2. The van der Waals surface area contributed by atoms with Crippen molar-refractivity contribution in [1.82, 2.24) is 39.9 Å². The van der Waals surface area contributed by atoms with Crippen LogP contribution in [0.15, 0.2) is 72.8 Å². The van der Waals surface area contributed by atoms with E-state index in [9.17, 15) is 0 Å². The molecule has 14 heterocycles. The Morgan fingerprint density at radius 2 is 0.453 bits per heavy atom. The van der Waals surface area contributed by atoms with Gasteiger partial charge in [-0.15, -0.1) is 45.3 Å². The second kappa shape index (κ2) is 53.8. The Balaban J connectivity index is 0.745. The van der Waals surface area contributed by atoms with Gasteiger partial charge in [0.1, 0.15) is 11.5 Å². The maximum absolute atomic E-state index is 6.08. The van der Waals surface area contributed by atoms with Gasteiger partial charge in [0.25, 0.3) is 0 Å². The molecule has 15 rings (SSSR count). The van der Waals surface area contributed by atoms with E-state index in [1.807, 2.05) is 12.1 Å². The molecule has 4 N–H and O–H groups in total. The Hall–Kier alpha value is -12.7. The Morgan fingerprint density at radius 3 is 0.693 bits per heavy atom. The Bertz CT molecular complexity index is 7510. The van der Waals surface area contributed by atoms with Crippen molar-refractivity contribution in [3.05, 3.63) is 227 Å². The van der Waals surface area contributed by atoms with E-state index in [1.165, 1.54) is 195 Å². The van der Waals surface area contributed by atoms with Crippen molar-refractivity contribution in [3.8, 4) is 126 Å². The summed E-state index contributed by atoms with van der Waals surface area (Å²) in [4.78, 5) is 47.4. The van der Waals surface area contributed by atoms with Crippen LogP contribution in [-0.4, -0.2) is 54.1 Å². The highest BCUT2D eigenvalue weighted by molar-refractivity contribution is 7.23. The number of methoxy groups -OCH3 is 2. The Morgan fingerprint density at radius 1 is 0.227 bits per heavy atom. The predicted molar refractivity (Wildman–Crippen MR) is 648 cm³/mol. The Labute approximate surface area is 912 Å². The third-order valence-corrected chi connectivity index (χ3v) is 35.1. The van der Waals surface area contributed by atoms with Crippen molar-refractivity contribution in [2.45, 2.75) is 370 Å². The lowest BCUT2D eigenvalue weighted by atomic mass is 9.96. The van der Waals surface area contributed by atoms with Crippen molar-refractivity contribution in [3.63, 3.8) is 0 Å². The highest BCUT2D eigenvalue weighted by atomic mass is 32.1. The molecule has 774 valence electrons. The predicted octanol–water partition coefficient (Wildman–Crippen LogP) is 36.1. The molecule has 0 saturated heterocycles. The summed E-state index contributed by atoms with van der Waals surface area (Å²) < 4.78 is 12.2. The van der Waals surface area contributed by atoms with Crippen LogP contribution in [0.3, 0.4) is 0 Å². The summed E-state index contributed by atoms with van der Waals surface area (Å²) in [6.45, 7) is 45.5. The standard InChI is InChI=1S/C136H154N8O2S4/c1-23-43-47-51-65-89-77-129(131-79-91(67-53-49-45-25-3)127(149-131)73-61-57-69-109-133-105(39-17)101(35-13)119(141-133)83-115-97(31-9)93(27-5)111(137-115)81-112-94(28-6)98(32-10)116(138-112)84-120-102(36-14)106(40-18)134(109)142-120)147-125(89)71-59-55-63-87-75-124(146-22)88(76-123(87)145-21)64-56-60-72-126-90(66-52-48-44-24-2)78-130(148-126)132-80-92(68-54-50-46-26-4)128(150-132)74-62-58-70-110-135-107(41-19)103(37-15)121(143-135)85-117-99(33-11)95(29-7)113(139-117)82-114-96(30-8)100(34-12)118(140-114)86-122-104(38-16)108(42-20)136(110)144-122/h75-86,137,139,142,144H,23-54,65-68H2,1-22H3. The van der Waals surface area contributed by atoms with Gasteiger partial charge in [-0.3, -0.25) is 0 Å². The van der Waals surface area contributed by atoms with E-state index in [2.05, 4.69) is 314 Å². The molecule has 10 aromatic heterocycles. The van der Waals surface area contributed by atoms with Gasteiger partial charge in [0.2, 0.25) is 0 Å². The number of fused-ring (bicyclic) bond motifs is 16. The molecule has 0 fully saturated rings. The van der Waals surface area contributed by atoms with E-state index in [-0.39, 0.29) is 0 Å². The minimum absolute atomic E-state index is 0.579. The number of nitrogens with zero attached hydrogens (tertiary/aromatic N) is 4. The zero-order valence-corrected chi connectivity index (χ0v) is 96.9. The molecule has 16 bridgehead atoms. The molecule has 0 unspecified atom stereocenters. The monoisotopic (exact) mass is 2060 g/mol. The normalized spacial score (nSPS) is 12.1. The molecule has 10 nitrogen and oxygen atoms in total. The smallest absolute Gasteiger partial charge is 0.136 e. The van der Waals surface area contributed by atoms with Crippen LogP contribution in [0.1, 0.15) is 447 Å². The van der Waals surface area contributed by atoms with E-state index in [0.717, 1.165) is 287 Å². The molecular formula is C136H154N8O2S4. The number of aryl methyl sites for hydroxylation is 12. The van der Waals surface area contributed by atoms with Crippen LogP contribution in [0.2, 0.25) is 0 Å².